The Morgan fingerprint density at radius 3 is 2.48 bits per heavy atom. The maximum Gasteiger partial charge on any atom is 0.315 e. The third-order valence-corrected chi connectivity index (χ3v) is 5.06. The molecule has 0 heterocycles. The summed E-state index contributed by atoms with van der Waals surface area (Å²) in [6.45, 7) is 4.78. The molecule has 3 amide bonds. The largest absolute Gasteiger partial charge is 0.334 e. The molecule has 2 rings (SSSR count). The van der Waals surface area contributed by atoms with Gasteiger partial charge in [-0.3, -0.25) is 4.79 Å². The quantitative estimate of drug-likeness (QED) is 0.545. The second-order valence-corrected chi connectivity index (χ2v) is 8.37. The lowest BCUT2D eigenvalue weighted by atomic mass is 10.1. The standard InChI is InChI=1S/C22H30N4O2S/c1-5-29-20-11-9-18(10-12-20)16(2)24-22(28)23-14-17-7-6-8-19(13-17)25-21(27)15-26(3)4/h6-13,16H,5,14-15H2,1-4H3,(H,25,27)(H2,23,24,28). The van der Waals surface area contributed by atoms with E-state index in [1.807, 2.05) is 62.3 Å². The highest BCUT2D eigenvalue weighted by Gasteiger charge is 2.10. The molecule has 0 bridgehead atoms. The van der Waals surface area contributed by atoms with E-state index in [0.29, 0.717) is 13.1 Å². The topological polar surface area (TPSA) is 73.5 Å². The van der Waals surface area contributed by atoms with Gasteiger partial charge in [-0.25, -0.2) is 4.79 Å². The van der Waals surface area contributed by atoms with Gasteiger partial charge in [0.1, 0.15) is 0 Å². The van der Waals surface area contributed by atoms with Crippen LogP contribution in [0.3, 0.4) is 0 Å². The zero-order chi connectivity index (χ0) is 21.2. The Kier molecular flexibility index (Phi) is 9.02. The summed E-state index contributed by atoms with van der Waals surface area (Å²) in [6.07, 6.45) is 0. The molecule has 0 saturated carbocycles. The van der Waals surface area contributed by atoms with Gasteiger partial charge < -0.3 is 20.9 Å². The number of hydrogen-bond acceptors (Lipinski definition) is 4. The summed E-state index contributed by atoms with van der Waals surface area (Å²) in [5, 5.41) is 8.68. The first-order chi connectivity index (χ1) is 13.9. The Morgan fingerprint density at radius 2 is 1.83 bits per heavy atom. The van der Waals surface area contributed by atoms with Gasteiger partial charge in [0.05, 0.1) is 12.6 Å². The van der Waals surface area contributed by atoms with Gasteiger partial charge in [-0.05, 0) is 62.2 Å². The fourth-order valence-electron chi connectivity index (χ4n) is 2.78. The van der Waals surface area contributed by atoms with Gasteiger partial charge in [0.25, 0.3) is 0 Å². The van der Waals surface area contributed by atoms with Crippen LogP contribution in [0.4, 0.5) is 10.5 Å². The predicted octanol–water partition coefficient (Wildman–Crippen LogP) is 3.86. The number of thioether (sulfide) groups is 1. The summed E-state index contributed by atoms with van der Waals surface area (Å²) in [6, 6.07) is 15.4. The fourth-order valence-corrected chi connectivity index (χ4v) is 3.44. The summed E-state index contributed by atoms with van der Waals surface area (Å²) < 4.78 is 0. The van der Waals surface area contributed by atoms with E-state index in [1.165, 1.54) is 4.90 Å². The summed E-state index contributed by atoms with van der Waals surface area (Å²) in [4.78, 5) is 27.2. The second-order valence-electron chi connectivity index (χ2n) is 7.04. The molecular weight excluding hydrogens is 384 g/mol. The molecule has 6 nitrogen and oxygen atoms in total. The van der Waals surface area contributed by atoms with E-state index in [9.17, 15) is 9.59 Å². The summed E-state index contributed by atoms with van der Waals surface area (Å²) in [5.41, 5.74) is 2.69. The Bertz CT molecular complexity index is 809. The summed E-state index contributed by atoms with van der Waals surface area (Å²) in [7, 11) is 3.69. The lowest BCUT2D eigenvalue weighted by Crippen LogP contribution is -2.36. The van der Waals surface area contributed by atoms with Crippen LogP contribution in [0.15, 0.2) is 53.4 Å². The molecular formula is C22H30N4O2S. The highest BCUT2D eigenvalue weighted by atomic mass is 32.2. The Labute approximate surface area is 177 Å². The lowest BCUT2D eigenvalue weighted by molar-refractivity contribution is -0.116. The molecule has 1 atom stereocenters. The van der Waals surface area contributed by atoms with Gasteiger partial charge in [0, 0.05) is 17.1 Å². The molecule has 0 aliphatic rings. The molecule has 0 spiro atoms. The molecule has 0 aromatic heterocycles. The second kappa shape index (κ2) is 11.5. The van der Waals surface area contributed by atoms with E-state index < -0.39 is 0 Å². The number of urea groups is 1. The van der Waals surface area contributed by atoms with Crippen LogP contribution in [0.2, 0.25) is 0 Å². The maximum absolute atomic E-state index is 12.3. The monoisotopic (exact) mass is 414 g/mol. The Hall–Kier alpha value is -2.51. The van der Waals surface area contributed by atoms with Gasteiger partial charge in [-0.2, -0.15) is 0 Å². The number of likely N-dealkylation sites (N-methyl/N-ethyl adjacent to an activating group) is 1. The van der Waals surface area contributed by atoms with Crippen molar-refractivity contribution in [1.82, 2.24) is 15.5 Å². The van der Waals surface area contributed by atoms with Gasteiger partial charge in [-0.15, -0.1) is 11.8 Å². The van der Waals surface area contributed by atoms with Gasteiger partial charge in [0.15, 0.2) is 0 Å². The molecule has 0 saturated heterocycles. The summed E-state index contributed by atoms with van der Waals surface area (Å²) >= 11 is 1.79. The van der Waals surface area contributed by atoms with Crippen molar-refractivity contribution in [2.75, 3.05) is 31.7 Å². The van der Waals surface area contributed by atoms with Crippen molar-refractivity contribution < 1.29 is 9.59 Å². The van der Waals surface area contributed by atoms with Crippen LogP contribution in [0.25, 0.3) is 0 Å². The van der Waals surface area contributed by atoms with Crippen molar-refractivity contribution in [3.05, 3.63) is 59.7 Å². The van der Waals surface area contributed by atoms with Crippen LogP contribution < -0.4 is 16.0 Å². The minimum Gasteiger partial charge on any atom is -0.334 e. The van der Waals surface area contributed by atoms with Gasteiger partial charge >= 0.3 is 6.03 Å². The number of anilines is 1. The number of amides is 3. The molecule has 0 fully saturated rings. The number of nitrogens with zero attached hydrogens (tertiary/aromatic N) is 1. The van der Waals surface area contributed by atoms with Gasteiger partial charge in [0.2, 0.25) is 5.91 Å². The number of carbonyl (C=O) groups is 2. The molecule has 156 valence electrons. The van der Waals surface area contributed by atoms with Crippen molar-refractivity contribution in [1.29, 1.82) is 0 Å². The van der Waals surface area contributed by atoms with Crippen LogP contribution in [-0.2, 0) is 11.3 Å². The number of nitrogens with one attached hydrogen (secondary N) is 3. The number of rotatable bonds is 9. The molecule has 3 N–H and O–H groups in total. The lowest BCUT2D eigenvalue weighted by Gasteiger charge is -2.16. The van der Waals surface area contributed by atoms with Crippen LogP contribution in [-0.4, -0.2) is 43.2 Å². The fraction of sp³-hybridized carbons (Fsp3) is 0.364. The molecule has 0 aliphatic carbocycles. The molecule has 0 radical (unpaired) electrons. The van der Waals surface area contributed by atoms with Gasteiger partial charge in [-0.1, -0.05) is 31.2 Å². The van der Waals surface area contributed by atoms with Crippen molar-refractivity contribution >= 4 is 29.4 Å². The number of carbonyl (C=O) groups excluding carboxylic acids is 2. The van der Waals surface area contributed by atoms with E-state index in [-0.39, 0.29) is 18.0 Å². The van der Waals surface area contributed by atoms with E-state index in [4.69, 9.17) is 0 Å². The zero-order valence-electron chi connectivity index (χ0n) is 17.5. The Morgan fingerprint density at radius 1 is 1.10 bits per heavy atom. The van der Waals surface area contributed by atoms with Crippen LogP contribution in [0.1, 0.15) is 31.0 Å². The smallest absolute Gasteiger partial charge is 0.315 e. The molecule has 29 heavy (non-hydrogen) atoms. The van der Waals surface area contributed by atoms with Crippen molar-refractivity contribution in [2.45, 2.75) is 31.3 Å². The molecule has 2 aromatic carbocycles. The van der Waals surface area contributed by atoms with Crippen molar-refractivity contribution in [3.63, 3.8) is 0 Å². The first kappa shape index (κ1) is 22.8. The molecule has 1 unspecified atom stereocenters. The maximum atomic E-state index is 12.3. The first-order valence-corrected chi connectivity index (χ1v) is 10.7. The Balaban J connectivity index is 1.83. The first-order valence-electron chi connectivity index (χ1n) is 9.68. The SMILES string of the molecule is CCSc1ccc(C(C)NC(=O)NCc2cccc(NC(=O)CN(C)C)c2)cc1. The van der Waals surface area contributed by atoms with Crippen molar-refractivity contribution in [3.8, 4) is 0 Å². The third-order valence-electron chi connectivity index (χ3n) is 4.16. The van der Waals surface area contributed by atoms with E-state index in [2.05, 4.69) is 35.0 Å². The predicted molar refractivity (Wildman–Crippen MR) is 120 cm³/mol. The molecule has 2 aromatic rings. The summed E-state index contributed by atoms with van der Waals surface area (Å²) in [5.74, 6) is 0.964. The third kappa shape index (κ3) is 8.17. The highest BCUT2D eigenvalue weighted by molar-refractivity contribution is 7.99. The van der Waals surface area contributed by atoms with E-state index in [1.54, 1.807) is 11.8 Å². The number of hydrogen-bond donors (Lipinski definition) is 3. The van der Waals surface area contributed by atoms with Crippen LogP contribution in [0, 0.1) is 0 Å². The average Bonchev–Trinajstić information content (AvgIpc) is 2.67. The highest BCUT2D eigenvalue weighted by Crippen LogP contribution is 2.20. The normalized spacial score (nSPS) is 11.8. The van der Waals surface area contributed by atoms with E-state index in [0.717, 1.165) is 22.6 Å². The minimum atomic E-state index is -0.230. The van der Waals surface area contributed by atoms with Crippen LogP contribution >= 0.6 is 11.8 Å². The van der Waals surface area contributed by atoms with Crippen LogP contribution in [0.5, 0.6) is 0 Å². The average molecular weight is 415 g/mol. The minimum absolute atomic E-state index is 0.0740. The van der Waals surface area contributed by atoms with E-state index >= 15 is 0 Å². The zero-order valence-corrected chi connectivity index (χ0v) is 18.3. The molecule has 0 aliphatic heterocycles. The van der Waals surface area contributed by atoms with Crippen molar-refractivity contribution in [2.24, 2.45) is 0 Å². The molecule has 7 heteroatoms. The number of benzene rings is 2.